The van der Waals surface area contributed by atoms with Crippen LogP contribution in [0.2, 0.25) is 0 Å². The number of likely N-dealkylation sites (tertiary alicyclic amines) is 1. The standard InChI is InChI=1S/C24H33N3O7/c28-13-10-27-20-22(30)26(9-8-25-11-15-32-16-12-25)7-4-6-24(20)19(21(27)29)18-17(34-24)5-2-1-3-14-33-23(18)31/h2,4-6,17-20,28H,1,3,7-16H2/b5-2-/t17-,18+,19-,20?,24-/m0/s1. The highest BCUT2D eigenvalue weighted by molar-refractivity contribution is 5.99. The number of allylic oxidation sites excluding steroid dienone is 1. The topological polar surface area (TPSA) is 109 Å². The fraction of sp³-hybridized carbons (Fsp3) is 0.708. The van der Waals surface area contributed by atoms with Crippen LogP contribution in [0.3, 0.4) is 0 Å². The first-order chi connectivity index (χ1) is 16.6. The number of aliphatic hydroxyl groups is 1. The van der Waals surface area contributed by atoms with Crippen molar-refractivity contribution in [3.63, 3.8) is 0 Å². The van der Waals surface area contributed by atoms with Gasteiger partial charge in [0.05, 0.1) is 38.4 Å². The third kappa shape index (κ3) is 3.96. The highest BCUT2D eigenvalue weighted by Crippen LogP contribution is 2.52. The van der Waals surface area contributed by atoms with E-state index in [0.717, 1.165) is 19.5 Å². The number of cyclic esters (lactones) is 1. The van der Waals surface area contributed by atoms with E-state index < -0.39 is 35.6 Å². The summed E-state index contributed by atoms with van der Waals surface area (Å²) in [5.41, 5.74) is -1.27. The molecule has 0 radical (unpaired) electrons. The number of ether oxygens (including phenoxy) is 3. The lowest BCUT2D eigenvalue weighted by molar-refractivity contribution is -0.155. The molecule has 0 aromatic heterocycles. The Morgan fingerprint density at radius 2 is 1.85 bits per heavy atom. The minimum absolute atomic E-state index is 0.00423. The number of fused-ring (bicyclic) bond motifs is 2. The summed E-state index contributed by atoms with van der Waals surface area (Å²) in [5, 5.41) is 9.70. The summed E-state index contributed by atoms with van der Waals surface area (Å²) < 4.78 is 17.4. The summed E-state index contributed by atoms with van der Waals surface area (Å²) in [6, 6.07) is -0.933. The SMILES string of the molecule is O=C1OCCC/C=C\[C@@H]2O[C@]34C=CCN(CCN5CCOCC5)C(=O)C3N(CCO)C(=O)[C@@H]4[C@H]12. The monoisotopic (exact) mass is 475 g/mol. The van der Waals surface area contributed by atoms with Crippen molar-refractivity contribution < 1.29 is 33.7 Å². The Hall–Kier alpha value is -2.27. The van der Waals surface area contributed by atoms with E-state index in [2.05, 4.69) is 4.90 Å². The van der Waals surface area contributed by atoms with Gasteiger partial charge in [-0.15, -0.1) is 0 Å². The van der Waals surface area contributed by atoms with Crippen LogP contribution in [0.25, 0.3) is 0 Å². The molecule has 1 unspecified atom stereocenters. The zero-order chi connectivity index (χ0) is 23.7. The van der Waals surface area contributed by atoms with Gasteiger partial charge in [-0.05, 0) is 12.8 Å². The number of morpholine rings is 1. The number of hydrogen-bond donors (Lipinski definition) is 1. The normalized spacial score (nSPS) is 37.3. The molecule has 1 spiro atoms. The third-order valence-corrected chi connectivity index (χ3v) is 7.57. The first-order valence-electron chi connectivity index (χ1n) is 12.3. The number of β-amino-alcohol motifs (C(OH)–C–C–N with tert-alkyl or cyclic N) is 1. The Kier molecular flexibility index (Phi) is 6.74. The van der Waals surface area contributed by atoms with Crippen LogP contribution < -0.4 is 0 Å². The fourth-order valence-corrected chi connectivity index (χ4v) is 5.94. The van der Waals surface area contributed by atoms with Crippen molar-refractivity contribution in [1.29, 1.82) is 0 Å². The van der Waals surface area contributed by atoms with Crippen LogP contribution in [0.15, 0.2) is 24.3 Å². The second-order valence-electron chi connectivity index (χ2n) is 9.48. The van der Waals surface area contributed by atoms with Gasteiger partial charge in [-0.1, -0.05) is 24.3 Å². The first kappa shape index (κ1) is 23.5. The highest BCUT2D eigenvalue weighted by atomic mass is 16.6. The summed E-state index contributed by atoms with van der Waals surface area (Å²) in [5.74, 6) is -2.73. The van der Waals surface area contributed by atoms with Crippen LogP contribution >= 0.6 is 0 Å². The van der Waals surface area contributed by atoms with Crippen LogP contribution in [-0.4, -0.2) is 121 Å². The van der Waals surface area contributed by atoms with Gasteiger partial charge in [0, 0.05) is 39.3 Å². The molecule has 1 N–H and O–H groups in total. The molecule has 5 aliphatic rings. The quantitative estimate of drug-likeness (QED) is 0.406. The number of esters is 1. The van der Waals surface area contributed by atoms with E-state index >= 15 is 0 Å². The van der Waals surface area contributed by atoms with Gasteiger partial charge in [0.25, 0.3) is 0 Å². The maximum atomic E-state index is 13.9. The van der Waals surface area contributed by atoms with Crippen molar-refractivity contribution in [2.45, 2.75) is 30.6 Å². The lowest BCUT2D eigenvalue weighted by atomic mass is 9.78. The van der Waals surface area contributed by atoms with Crippen molar-refractivity contribution in [1.82, 2.24) is 14.7 Å². The molecule has 5 heterocycles. The summed E-state index contributed by atoms with van der Waals surface area (Å²) in [6.45, 7) is 4.63. The molecule has 186 valence electrons. The van der Waals surface area contributed by atoms with E-state index in [4.69, 9.17) is 14.2 Å². The van der Waals surface area contributed by atoms with Gasteiger partial charge in [-0.25, -0.2) is 0 Å². The smallest absolute Gasteiger partial charge is 0.312 e. The number of amides is 2. The van der Waals surface area contributed by atoms with E-state index in [1.807, 2.05) is 24.3 Å². The molecule has 0 aromatic carbocycles. The van der Waals surface area contributed by atoms with E-state index in [-0.39, 0.29) is 31.6 Å². The fourth-order valence-electron chi connectivity index (χ4n) is 5.94. The average Bonchev–Trinajstić information content (AvgIpc) is 3.24. The Bertz CT molecular complexity index is 871. The minimum Gasteiger partial charge on any atom is -0.465 e. The van der Waals surface area contributed by atoms with E-state index in [1.165, 1.54) is 4.90 Å². The van der Waals surface area contributed by atoms with E-state index in [0.29, 0.717) is 39.3 Å². The molecule has 3 saturated heterocycles. The van der Waals surface area contributed by atoms with Crippen molar-refractivity contribution in [3.05, 3.63) is 24.3 Å². The van der Waals surface area contributed by atoms with Gasteiger partial charge in [0.1, 0.15) is 17.6 Å². The second kappa shape index (κ2) is 9.77. The highest BCUT2D eigenvalue weighted by Gasteiger charge is 2.71. The van der Waals surface area contributed by atoms with Gasteiger partial charge in [-0.2, -0.15) is 0 Å². The minimum atomic E-state index is -1.27. The maximum absolute atomic E-state index is 13.9. The third-order valence-electron chi connectivity index (χ3n) is 7.57. The summed E-state index contributed by atoms with van der Waals surface area (Å²) in [6.07, 6.45) is 8.29. The van der Waals surface area contributed by atoms with Crippen molar-refractivity contribution in [2.24, 2.45) is 11.8 Å². The lowest BCUT2D eigenvalue weighted by Gasteiger charge is -2.36. The van der Waals surface area contributed by atoms with Gasteiger partial charge in [0.15, 0.2) is 0 Å². The Balaban J connectivity index is 1.46. The summed E-state index contributed by atoms with van der Waals surface area (Å²) in [4.78, 5) is 46.0. The van der Waals surface area contributed by atoms with E-state index in [1.54, 1.807) is 4.90 Å². The molecule has 10 heteroatoms. The zero-order valence-electron chi connectivity index (χ0n) is 19.3. The van der Waals surface area contributed by atoms with Crippen molar-refractivity contribution in [2.75, 3.05) is 65.7 Å². The molecule has 0 aromatic rings. The Morgan fingerprint density at radius 3 is 2.65 bits per heavy atom. The number of nitrogens with zero attached hydrogens (tertiary/aromatic N) is 3. The van der Waals surface area contributed by atoms with Crippen LogP contribution in [0.5, 0.6) is 0 Å². The predicted octanol–water partition coefficient (Wildman–Crippen LogP) is -0.817. The van der Waals surface area contributed by atoms with E-state index in [9.17, 15) is 19.5 Å². The number of carbonyl (C=O) groups excluding carboxylic acids is 3. The molecule has 5 aliphatic heterocycles. The predicted molar refractivity (Wildman–Crippen MR) is 119 cm³/mol. The molecule has 0 aliphatic carbocycles. The Morgan fingerprint density at radius 1 is 1.03 bits per heavy atom. The Labute approximate surface area is 199 Å². The molecule has 10 nitrogen and oxygen atoms in total. The maximum Gasteiger partial charge on any atom is 0.312 e. The average molecular weight is 476 g/mol. The first-order valence-corrected chi connectivity index (χ1v) is 12.3. The van der Waals surface area contributed by atoms with Crippen LogP contribution in [-0.2, 0) is 28.6 Å². The van der Waals surface area contributed by atoms with Crippen LogP contribution in [0.4, 0.5) is 0 Å². The van der Waals surface area contributed by atoms with Gasteiger partial charge >= 0.3 is 5.97 Å². The molecule has 34 heavy (non-hydrogen) atoms. The summed E-state index contributed by atoms with van der Waals surface area (Å²) >= 11 is 0. The van der Waals surface area contributed by atoms with Gasteiger partial charge in [0.2, 0.25) is 11.8 Å². The van der Waals surface area contributed by atoms with Crippen molar-refractivity contribution in [3.8, 4) is 0 Å². The number of rotatable bonds is 5. The number of aliphatic hydroxyl groups excluding tert-OH is 1. The number of carbonyl (C=O) groups is 3. The molecular weight excluding hydrogens is 442 g/mol. The van der Waals surface area contributed by atoms with Crippen molar-refractivity contribution >= 4 is 17.8 Å². The molecule has 0 saturated carbocycles. The van der Waals surface area contributed by atoms with Crippen LogP contribution in [0, 0.1) is 11.8 Å². The zero-order valence-corrected chi connectivity index (χ0v) is 19.3. The second-order valence-corrected chi connectivity index (χ2v) is 9.48. The summed E-state index contributed by atoms with van der Waals surface area (Å²) in [7, 11) is 0. The number of hydrogen-bond acceptors (Lipinski definition) is 8. The molecule has 3 fully saturated rings. The molecule has 5 atom stereocenters. The van der Waals surface area contributed by atoms with Crippen LogP contribution in [0.1, 0.15) is 12.8 Å². The van der Waals surface area contributed by atoms with Gasteiger partial charge in [-0.3, -0.25) is 19.3 Å². The molecular formula is C24H33N3O7. The largest absolute Gasteiger partial charge is 0.465 e. The molecule has 2 amide bonds. The van der Waals surface area contributed by atoms with Gasteiger partial charge < -0.3 is 29.1 Å². The molecule has 0 bridgehead atoms. The lowest BCUT2D eigenvalue weighted by Crippen LogP contribution is -2.56. The molecule has 5 rings (SSSR count).